The fourth-order valence-corrected chi connectivity index (χ4v) is 2.67. The number of H-pyrrole nitrogens is 1. The van der Waals surface area contributed by atoms with Crippen LogP contribution in [-0.2, 0) is 0 Å². The number of nitrogens with zero attached hydrogens (tertiary/aromatic N) is 1. The SMILES string of the molecule is COc1ccc2nc(Nc3c(C)cc(C)cc3C)[nH]c2c1. The van der Waals surface area contributed by atoms with Crippen LogP contribution in [0.15, 0.2) is 30.3 Å². The molecule has 0 aliphatic carbocycles. The fraction of sp³-hybridized carbons (Fsp3) is 0.235. The number of benzene rings is 2. The summed E-state index contributed by atoms with van der Waals surface area (Å²) in [6, 6.07) is 10.1. The summed E-state index contributed by atoms with van der Waals surface area (Å²) in [6.07, 6.45) is 0. The number of hydrogen-bond donors (Lipinski definition) is 2. The van der Waals surface area contributed by atoms with Crippen LogP contribution in [0, 0.1) is 20.8 Å². The molecule has 0 radical (unpaired) electrons. The molecule has 0 spiro atoms. The Kier molecular flexibility index (Phi) is 3.29. The molecule has 108 valence electrons. The van der Waals surface area contributed by atoms with Crippen LogP contribution in [0.4, 0.5) is 11.6 Å². The smallest absolute Gasteiger partial charge is 0.205 e. The summed E-state index contributed by atoms with van der Waals surface area (Å²) in [5.74, 6) is 1.56. The lowest BCUT2D eigenvalue weighted by Crippen LogP contribution is -1.98. The van der Waals surface area contributed by atoms with Gasteiger partial charge in [0.2, 0.25) is 5.95 Å². The Bertz CT molecular complexity index is 782. The average molecular weight is 281 g/mol. The maximum Gasteiger partial charge on any atom is 0.205 e. The third-order valence-electron chi connectivity index (χ3n) is 3.61. The molecule has 3 aromatic rings. The summed E-state index contributed by atoms with van der Waals surface area (Å²) in [5.41, 5.74) is 6.67. The van der Waals surface area contributed by atoms with E-state index in [-0.39, 0.29) is 0 Å². The summed E-state index contributed by atoms with van der Waals surface area (Å²) >= 11 is 0. The van der Waals surface area contributed by atoms with Crippen LogP contribution < -0.4 is 10.1 Å². The summed E-state index contributed by atoms with van der Waals surface area (Å²) in [4.78, 5) is 7.85. The van der Waals surface area contributed by atoms with E-state index < -0.39 is 0 Å². The third kappa shape index (κ3) is 2.57. The van der Waals surface area contributed by atoms with Crippen molar-refractivity contribution in [2.45, 2.75) is 20.8 Å². The molecule has 1 aromatic heterocycles. The fourth-order valence-electron chi connectivity index (χ4n) is 2.67. The summed E-state index contributed by atoms with van der Waals surface area (Å²) in [6.45, 7) is 6.32. The molecule has 0 saturated heterocycles. The molecule has 0 fully saturated rings. The van der Waals surface area contributed by atoms with Crippen LogP contribution in [-0.4, -0.2) is 17.1 Å². The number of aromatic amines is 1. The monoisotopic (exact) mass is 281 g/mol. The molecule has 3 rings (SSSR count). The van der Waals surface area contributed by atoms with E-state index in [2.05, 4.69) is 48.2 Å². The average Bonchev–Trinajstić information content (AvgIpc) is 2.84. The number of aryl methyl sites for hydroxylation is 3. The van der Waals surface area contributed by atoms with Gasteiger partial charge in [0.25, 0.3) is 0 Å². The second-order valence-corrected chi connectivity index (χ2v) is 5.37. The van der Waals surface area contributed by atoms with Gasteiger partial charge in [0.1, 0.15) is 5.75 Å². The van der Waals surface area contributed by atoms with Crippen LogP contribution in [0.25, 0.3) is 11.0 Å². The minimum absolute atomic E-state index is 0.744. The van der Waals surface area contributed by atoms with Crippen molar-refractivity contribution in [2.75, 3.05) is 12.4 Å². The van der Waals surface area contributed by atoms with Crippen molar-refractivity contribution in [1.82, 2.24) is 9.97 Å². The minimum Gasteiger partial charge on any atom is -0.497 e. The normalized spacial score (nSPS) is 10.9. The van der Waals surface area contributed by atoms with E-state index in [1.807, 2.05) is 18.2 Å². The number of methoxy groups -OCH3 is 1. The van der Waals surface area contributed by atoms with Gasteiger partial charge in [-0.2, -0.15) is 0 Å². The van der Waals surface area contributed by atoms with Gasteiger partial charge in [-0.25, -0.2) is 4.98 Å². The van der Waals surface area contributed by atoms with Gasteiger partial charge in [-0.3, -0.25) is 0 Å². The number of hydrogen-bond acceptors (Lipinski definition) is 3. The molecule has 4 heteroatoms. The van der Waals surface area contributed by atoms with E-state index in [0.29, 0.717) is 0 Å². The summed E-state index contributed by atoms with van der Waals surface area (Å²) in [7, 11) is 1.66. The van der Waals surface area contributed by atoms with Crippen LogP contribution in [0.2, 0.25) is 0 Å². The van der Waals surface area contributed by atoms with Crippen LogP contribution >= 0.6 is 0 Å². The Labute approximate surface area is 124 Å². The number of rotatable bonds is 3. The molecule has 21 heavy (non-hydrogen) atoms. The number of anilines is 2. The van der Waals surface area contributed by atoms with Crippen molar-refractivity contribution in [3.63, 3.8) is 0 Å². The van der Waals surface area contributed by atoms with Gasteiger partial charge in [-0.15, -0.1) is 0 Å². The lowest BCUT2D eigenvalue weighted by atomic mass is 10.1. The van der Waals surface area contributed by atoms with Gasteiger partial charge in [0, 0.05) is 11.8 Å². The van der Waals surface area contributed by atoms with Crippen molar-refractivity contribution >= 4 is 22.7 Å². The first-order valence-electron chi connectivity index (χ1n) is 6.95. The number of imidazole rings is 1. The molecule has 0 saturated carbocycles. The lowest BCUT2D eigenvalue weighted by molar-refractivity contribution is 0.415. The zero-order chi connectivity index (χ0) is 15.0. The van der Waals surface area contributed by atoms with Crippen molar-refractivity contribution < 1.29 is 4.74 Å². The highest BCUT2D eigenvalue weighted by molar-refractivity contribution is 5.80. The Morgan fingerprint density at radius 1 is 1.05 bits per heavy atom. The molecule has 2 N–H and O–H groups in total. The number of nitrogens with one attached hydrogen (secondary N) is 2. The van der Waals surface area contributed by atoms with E-state index >= 15 is 0 Å². The Morgan fingerprint density at radius 3 is 2.43 bits per heavy atom. The van der Waals surface area contributed by atoms with Crippen molar-refractivity contribution in [2.24, 2.45) is 0 Å². The first-order valence-corrected chi connectivity index (χ1v) is 6.95. The Hall–Kier alpha value is -2.49. The highest BCUT2D eigenvalue weighted by atomic mass is 16.5. The van der Waals surface area contributed by atoms with E-state index in [9.17, 15) is 0 Å². The van der Waals surface area contributed by atoms with Gasteiger partial charge in [-0.1, -0.05) is 17.7 Å². The van der Waals surface area contributed by atoms with Gasteiger partial charge >= 0.3 is 0 Å². The highest BCUT2D eigenvalue weighted by Gasteiger charge is 2.08. The Balaban J connectivity index is 1.98. The molecule has 0 unspecified atom stereocenters. The minimum atomic E-state index is 0.744. The molecular weight excluding hydrogens is 262 g/mol. The van der Waals surface area contributed by atoms with E-state index in [1.165, 1.54) is 16.7 Å². The molecule has 0 aliphatic heterocycles. The second kappa shape index (κ2) is 5.13. The molecular formula is C17H19N3O. The Morgan fingerprint density at radius 2 is 1.76 bits per heavy atom. The molecule has 0 bridgehead atoms. The van der Waals surface area contributed by atoms with Crippen molar-refractivity contribution in [1.29, 1.82) is 0 Å². The van der Waals surface area contributed by atoms with E-state index in [1.54, 1.807) is 7.11 Å². The van der Waals surface area contributed by atoms with Crippen LogP contribution in [0.3, 0.4) is 0 Å². The first-order chi connectivity index (χ1) is 10.1. The number of fused-ring (bicyclic) bond motifs is 1. The second-order valence-electron chi connectivity index (χ2n) is 5.37. The maximum absolute atomic E-state index is 5.23. The van der Waals surface area contributed by atoms with Crippen molar-refractivity contribution in [3.05, 3.63) is 47.0 Å². The standard InChI is InChI=1S/C17H19N3O/c1-10-7-11(2)16(12(3)8-10)20-17-18-14-6-5-13(21-4)9-15(14)19-17/h5-9H,1-4H3,(H2,18,19,20). The van der Waals surface area contributed by atoms with Crippen molar-refractivity contribution in [3.8, 4) is 5.75 Å². The van der Waals surface area contributed by atoms with Gasteiger partial charge in [0.05, 0.1) is 18.1 Å². The molecule has 1 heterocycles. The number of ether oxygens (including phenoxy) is 1. The predicted molar refractivity (Wildman–Crippen MR) is 86.6 cm³/mol. The summed E-state index contributed by atoms with van der Waals surface area (Å²) in [5, 5.41) is 3.39. The van der Waals surface area contributed by atoms with Crippen LogP contribution in [0.1, 0.15) is 16.7 Å². The molecule has 0 amide bonds. The van der Waals surface area contributed by atoms with E-state index in [4.69, 9.17) is 4.74 Å². The topological polar surface area (TPSA) is 49.9 Å². The summed E-state index contributed by atoms with van der Waals surface area (Å²) < 4.78 is 5.23. The van der Waals surface area contributed by atoms with Crippen LogP contribution in [0.5, 0.6) is 5.75 Å². The van der Waals surface area contributed by atoms with Gasteiger partial charge in [0.15, 0.2) is 0 Å². The highest BCUT2D eigenvalue weighted by Crippen LogP contribution is 2.26. The third-order valence-corrected chi connectivity index (χ3v) is 3.61. The first kappa shape index (κ1) is 13.5. The van der Waals surface area contributed by atoms with Gasteiger partial charge in [-0.05, 0) is 44.0 Å². The van der Waals surface area contributed by atoms with Gasteiger partial charge < -0.3 is 15.0 Å². The molecule has 0 aliphatic rings. The largest absolute Gasteiger partial charge is 0.497 e. The van der Waals surface area contributed by atoms with E-state index in [0.717, 1.165) is 28.4 Å². The molecule has 2 aromatic carbocycles. The zero-order valence-electron chi connectivity index (χ0n) is 12.7. The number of aromatic nitrogens is 2. The molecule has 0 atom stereocenters. The quantitative estimate of drug-likeness (QED) is 0.755. The lowest BCUT2D eigenvalue weighted by Gasteiger charge is -2.11. The predicted octanol–water partition coefficient (Wildman–Crippen LogP) is 4.24. The molecule has 4 nitrogen and oxygen atoms in total. The maximum atomic E-state index is 5.23. The zero-order valence-corrected chi connectivity index (χ0v) is 12.7.